The van der Waals surface area contributed by atoms with Crippen LogP contribution in [0.2, 0.25) is 0 Å². The van der Waals surface area contributed by atoms with Crippen molar-refractivity contribution in [3.05, 3.63) is 42.0 Å². The molecule has 2 aliphatic rings. The highest BCUT2D eigenvalue weighted by atomic mass is 19.4. The molecular formula is C20H24F3N3O5. The number of halogens is 3. The zero-order chi connectivity index (χ0) is 23.1. The van der Waals surface area contributed by atoms with Gasteiger partial charge in [-0.05, 0) is 25.5 Å². The van der Waals surface area contributed by atoms with E-state index >= 15 is 0 Å². The van der Waals surface area contributed by atoms with Crippen LogP contribution in [-0.4, -0.2) is 61.3 Å². The largest absolute Gasteiger partial charge is 0.490 e. The Morgan fingerprint density at radius 3 is 2.42 bits per heavy atom. The minimum Gasteiger partial charge on any atom is -0.489 e. The van der Waals surface area contributed by atoms with Crippen LogP contribution in [0.4, 0.5) is 13.2 Å². The van der Waals surface area contributed by atoms with Crippen molar-refractivity contribution < 1.29 is 37.4 Å². The quantitative estimate of drug-likeness (QED) is 0.452. The van der Waals surface area contributed by atoms with E-state index in [1.54, 1.807) is 18.2 Å². The molecule has 170 valence electrons. The van der Waals surface area contributed by atoms with Crippen molar-refractivity contribution in [2.24, 2.45) is 5.41 Å². The molecule has 0 aromatic heterocycles. The van der Waals surface area contributed by atoms with Gasteiger partial charge in [-0.1, -0.05) is 24.3 Å². The average Bonchev–Trinajstić information content (AvgIpc) is 2.67. The molecule has 1 saturated heterocycles. The molecule has 1 spiro atoms. The van der Waals surface area contributed by atoms with Gasteiger partial charge in [-0.25, -0.2) is 4.79 Å². The number of amides is 2. The smallest absolute Gasteiger partial charge is 0.489 e. The Balaban J connectivity index is 0.000000423. The highest BCUT2D eigenvalue weighted by Gasteiger charge is 2.43. The van der Waals surface area contributed by atoms with Crippen molar-refractivity contribution in [3.63, 3.8) is 0 Å². The van der Waals surface area contributed by atoms with Crippen molar-refractivity contribution >= 4 is 17.8 Å². The molecule has 31 heavy (non-hydrogen) atoms. The van der Waals surface area contributed by atoms with E-state index in [2.05, 4.69) is 16.0 Å². The van der Waals surface area contributed by atoms with Crippen LogP contribution >= 0.6 is 0 Å². The Bertz CT molecular complexity index is 838. The van der Waals surface area contributed by atoms with Gasteiger partial charge in [-0.2, -0.15) is 13.2 Å². The minimum atomic E-state index is -5.08. The van der Waals surface area contributed by atoms with Gasteiger partial charge in [0.05, 0.1) is 11.0 Å². The summed E-state index contributed by atoms with van der Waals surface area (Å²) >= 11 is 0. The fourth-order valence-corrected chi connectivity index (χ4v) is 2.89. The van der Waals surface area contributed by atoms with Gasteiger partial charge in [-0.15, -0.1) is 0 Å². The van der Waals surface area contributed by atoms with Crippen LogP contribution in [-0.2, 0) is 9.59 Å². The average molecular weight is 443 g/mol. The summed E-state index contributed by atoms with van der Waals surface area (Å²) in [6, 6.07) is 7.03. The molecule has 1 fully saturated rings. The van der Waals surface area contributed by atoms with Crippen LogP contribution in [0.1, 0.15) is 23.7 Å². The van der Waals surface area contributed by atoms with Crippen molar-refractivity contribution in [1.82, 2.24) is 16.0 Å². The number of aliphatic carboxylic acids is 1. The van der Waals surface area contributed by atoms with E-state index in [1.165, 1.54) is 0 Å². The van der Waals surface area contributed by atoms with Gasteiger partial charge < -0.3 is 25.8 Å². The number of hydrogen-bond donors (Lipinski definition) is 4. The van der Waals surface area contributed by atoms with E-state index in [0.717, 1.165) is 0 Å². The zero-order valence-electron chi connectivity index (χ0n) is 16.8. The Morgan fingerprint density at radius 1 is 1.19 bits per heavy atom. The van der Waals surface area contributed by atoms with Gasteiger partial charge in [0, 0.05) is 25.7 Å². The van der Waals surface area contributed by atoms with Crippen molar-refractivity contribution in [2.45, 2.75) is 25.6 Å². The lowest BCUT2D eigenvalue weighted by molar-refractivity contribution is -0.192. The van der Waals surface area contributed by atoms with E-state index < -0.39 is 17.6 Å². The lowest BCUT2D eigenvalue weighted by Gasteiger charge is -2.41. The number of hydrogen-bond acceptors (Lipinski definition) is 5. The lowest BCUT2D eigenvalue weighted by atomic mass is 9.77. The summed E-state index contributed by atoms with van der Waals surface area (Å²) in [5, 5.41) is 16.2. The maximum absolute atomic E-state index is 12.5. The molecule has 0 radical (unpaired) electrons. The monoisotopic (exact) mass is 443 g/mol. The summed E-state index contributed by atoms with van der Waals surface area (Å²) in [6.45, 7) is 3.98. The van der Waals surface area contributed by atoms with Gasteiger partial charge in [0.2, 0.25) is 5.91 Å². The van der Waals surface area contributed by atoms with Crippen LogP contribution in [0.5, 0.6) is 5.75 Å². The first-order chi connectivity index (χ1) is 14.5. The number of carboxylic acids is 1. The predicted molar refractivity (Wildman–Crippen MR) is 105 cm³/mol. The number of alkyl halides is 3. The fourth-order valence-electron chi connectivity index (χ4n) is 2.89. The first kappa shape index (κ1) is 24.2. The number of ether oxygens (including phenoxy) is 1. The number of carboxylic acid groups (broad SMARTS) is 1. The standard InChI is InChI=1S/C18H23N3O3.C2HF3O2/c1-13-10-20-16(22)14-6-2-3-7-15(14)24-9-5-4-8-18(11-19-12-18)17(23)21-13;3-2(4,5)1(6)7/h2-7,13,19H,8-12H2,1H3,(H,20,22)(H,21,23);(H,6,7)/b5-4+;/t13-;/m1./s1. The van der Waals surface area contributed by atoms with E-state index in [0.29, 0.717) is 44.0 Å². The van der Waals surface area contributed by atoms with Crippen LogP contribution in [0.25, 0.3) is 0 Å². The summed E-state index contributed by atoms with van der Waals surface area (Å²) < 4.78 is 37.4. The fraction of sp³-hybridized carbons (Fsp3) is 0.450. The van der Waals surface area contributed by atoms with Crippen molar-refractivity contribution in [2.75, 3.05) is 26.2 Å². The highest BCUT2D eigenvalue weighted by Crippen LogP contribution is 2.28. The number of benzene rings is 1. The maximum Gasteiger partial charge on any atom is 0.490 e. The molecule has 4 N–H and O–H groups in total. The van der Waals surface area contributed by atoms with Crippen LogP contribution < -0.4 is 20.7 Å². The Morgan fingerprint density at radius 2 is 1.84 bits per heavy atom. The van der Waals surface area contributed by atoms with Crippen molar-refractivity contribution in [1.29, 1.82) is 0 Å². The van der Waals surface area contributed by atoms with Gasteiger partial charge in [0.15, 0.2) is 0 Å². The molecule has 1 aromatic carbocycles. The molecule has 0 unspecified atom stereocenters. The Kier molecular flexibility index (Phi) is 8.03. The lowest BCUT2D eigenvalue weighted by Crippen LogP contribution is -2.62. The number of para-hydroxylation sites is 1. The molecular weight excluding hydrogens is 419 g/mol. The van der Waals surface area contributed by atoms with E-state index in [4.69, 9.17) is 14.6 Å². The third-order valence-electron chi connectivity index (χ3n) is 4.74. The molecule has 1 aromatic rings. The van der Waals surface area contributed by atoms with E-state index in [1.807, 2.05) is 25.1 Å². The molecule has 8 nitrogen and oxygen atoms in total. The predicted octanol–water partition coefficient (Wildman–Crippen LogP) is 1.48. The molecule has 0 saturated carbocycles. The van der Waals surface area contributed by atoms with Gasteiger partial charge in [0.25, 0.3) is 5.91 Å². The summed E-state index contributed by atoms with van der Waals surface area (Å²) in [5.74, 6) is -2.36. The van der Waals surface area contributed by atoms with Crippen LogP contribution in [0, 0.1) is 5.41 Å². The summed E-state index contributed by atoms with van der Waals surface area (Å²) in [4.78, 5) is 33.8. The second kappa shape index (κ2) is 10.3. The second-order valence-corrected chi connectivity index (χ2v) is 7.25. The van der Waals surface area contributed by atoms with Crippen LogP contribution in [0.3, 0.4) is 0 Å². The minimum absolute atomic E-state index is 0.0334. The molecule has 11 heteroatoms. The maximum atomic E-state index is 12.5. The third kappa shape index (κ3) is 6.71. The molecule has 3 rings (SSSR count). The molecule has 2 heterocycles. The topological polar surface area (TPSA) is 117 Å². The second-order valence-electron chi connectivity index (χ2n) is 7.25. The molecule has 1 atom stereocenters. The van der Waals surface area contributed by atoms with E-state index in [9.17, 15) is 22.8 Å². The number of nitrogens with one attached hydrogen (secondary N) is 3. The molecule has 0 aliphatic carbocycles. The highest BCUT2D eigenvalue weighted by molar-refractivity contribution is 5.97. The first-order valence-corrected chi connectivity index (χ1v) is 9.52. The number of rotatable bonds is 0. The number of allylic oxidation sites excluding steroid dienone is 1. The third-order valence-corrected chi connectivity index (χ3v) is 4.74. The SMILES string of the molecule is C[C@@H]1CNC(=O)c2ccccc2OC/C=C/CC2(CNC2)C(=O)N1.O=C(O)C(F)(F)F. The number of carbonyl (C=O) groups is 3. The number of carbonyl (C=O) groups excluding carboxylic acids is 2. The summed E-state index contributed by atoms with van der Waals surface area (Å²) in [6.07, 6.45) is -0.521. The van der Waals surface area contributed by atoms with Crippen LogP contribution in [0.15, 0.2) is 36.4 Å². The van der Waals surface area contributed by atoms with Gasteiger partial charge in [-0.3, -0.25) is 9.59 Å². The zero-order valence-corrected chi connectivity index (χ0v) is 16.8. The normalized spacial score (nSPS) is 22.1. The van der Waals surface area contributed by atoms with Gasteiger partial charge in [0.1, 0.15) is 12.4 Å². The van der Waals surface area contributed by atoms with Crippen molar-refractivity contribution in [3.8, 4) is 5.75 Å². The Hall–Kier alpha value is -3.08. The summed E-state index contributed by atoms with van der Waals surface area (Å²) in [7, 11) is 0. The Labute approximate surface area is 176 Å². The first-order valence-electron chi connectivity index (χ1n) is 9.52. The number of fused-ring (bicyclic) bond motifs is 1. The molecule has 2 aliphatic heterocycles. The molecule has 2 amide bonds. The molecule has 0 bridgehead atoms. The van der Waals surface area contributed by atoms with Gasteiger partial charge >= 0.3 is 12.1 Å². The summed E-state index contributed by atoms with van der Waals surface area (Å²) in [5.41, 5.74) is 0.109. The van der Waals surface area contributed by atoms with E-state index in [-0.39, 0.29) is 17.9 Å².